The van der Waals surface area contributed by atoms with Crippen LogP contribution in [0.2, 0.25) is 0 Å². The van der Waals surface area contributed by atoms with E-state index in [9.17, 15) is 4.79 Å². The number of hydrogen-bond acceptors (Lipinski definition) is 4. The van der Waals surface area contributed by atoms with Crippen LogP contribution in [0.1, 0.15) is 39.4 Å². The molecule has 5 nitrogen and oxygen atoms in total. The molecule has 1 atom stereocenters. The molecule has 0 heterocycles. The third kappa shape index (κ3) is 6.27. The zero-order chi connectivity index (χ0) is 20.5. The molecule has 0 aliphatic carbocycles. The van der Waals surface area contributed by atoms with E-state index in [0.29, 0.717) is 24.4 Å². The summed E-state index contributed by atoms with van der Waals surface area (Å²) in [6, 6.07) is 17.6. The summed E-state index contributed by atoms with van der Waals surface area (Å²) in [6.07, 6.45) is -0.722. The van der Waals surface area contributed by atoms with Gasteiger partial charge in [0.1, 0.15) is 11.5 Å². The van der Waals surface area contributed by atoms with E-state index in [1.807, 2.05) is 54.6 Å². The number of amides is 1. The molecule has 0 aromatic heterocycles. The van der Waals surface area contributed by atoms with Gasteiger partial charge in [0, 0.05) is 30.7 Å². The second-order valence-corrected chi connectivity index (χ2v) is 7.30. The van der Waals surface area contributed by atoms with Crippen LogP contribution in [0.4, 0.5) is 0 Å². The Hall–Kier alpha value is -2.53. The summed E-state index contributed by atoms with van der Waals surface area (Å²) < 4.78 is 11.2. The molecule has 0 spiro atoms. The van der Waals surface area contributed by atoms with Gasteiger partial charge in [-0.25, -0.2) is 0 Å². The number of benzene rings is 2. The number of methoxy groups -OCH3 is 1. The average Bonchev–Trinajstić information content (AvgIpc) is 2.69. The number of para-hydroxylation sites is 1. The van der Waals surface area contributed by atoms with Crippen LogP contribution in [-0.2, 0) is 4.79 Å². The molecule has 2 aromatic carbocycles. The van der Waals surface area contributed by atoms with Crippen molar-refractivity contribution in [3.63, 3.8) is 0 Å². The van der Waals surface area contributed by atoms with Crippen LogP contribution in [-0.4, -0.2) is 43.1 Å². The summed E-state index contributed by atoms with van der Waals surface area (Å²) in [4.78, 5) is 15.3. The number of rotatable bonds is 10. The molecule has 28 heavy (non-hydrogen) atoms. The maximum atomic E-state index is 12.9. The van der Waals surface area contributed by atoms with Crippen molar-refractivity contribution in [3.8, 4) is 11.5 Å². The Bertz CT molecular complexity index is 706. The lowest BCUT2D eigenvalue weighted by atomic mass is 10.1. The summed E-state index contributed by atoms with van der Waals surface area (Å²) >= 11 is 0. The van der Waals surface area contributed by atoms with E-state index in [-0.39, 0.29) is 5.91 Å². The van der Waals surface area contributed by atoms with Gasteiger partial charge in [-0.2, -0.15) is 0 Å². The van der Waals surface area contributed by atoms with Crippen LogP contribution in [0.25, 0.3) is 0 Å². The molecule has 0 fully saturated rings. The molecule has 0 saturated carbocycles. The lowest BCUT2D eigenvalue weighted by Gasteiger charge is -2.30. The van der Waals surface area contributed by atoms with Gasteiger partial charge in [-0.3, -0.25) is 9.69 Å². The van der Waals surface area contributed by atoms with Gasteiger partial charge in [0.25, 0.3) is 5.91 Å². The van der Waals surface area contributed by atoms with E-state index < -0.39 is 6.10 Å². The van der Waals surface area contributed by atoms with Crippen LogP contribution in [0, 0.1) is 0 Å². The van der Waals surface area contributed by atoms with Gasteiger partial charge in [0.15, 0.2) is 0 Å². The lowest BCUT2D eigenvalue weighted by Crippen LogP contribution is -2.43. The van der Waals surface area contributed by atoms with Gasteiger partial charge in [-0.15, -0.1) is 0 Å². The first-order valence-electron chi connectivity index (χ1n) is 9.81. The van der Waals surface area contributed by atoms with Crippen molar-refractivity contribution in [1.82, 2.24) is 10.2 Å². The Morgan fingerprint density at radius 1 is 0.929 bits per heavy atom. The quantitative estimate of drug-likeness (QED) is 0.671. The summed E-state index contributed by atoms with van der Waals surface area (Å²) in [7, 11) is 1.62. The van der Waals surface area contributed by atoms with Crippen molar-refractivity contribution in [2.75, 3.05) is 20.2 Å². The van der Waals surface area contributed by atoms with Crippen molar-refractivity contribution < 1.29 is 14.3 Å². The van der Waals surface area contributed by atoms with Gasteiger partial charge in [0.05, 0.1) is 7.11 Å². The SMILES string of the molecule is COc1ccc(C(Oc2ccccc2)C(=O)NCCN(C(C)C)C(C)C)cc1. The topological polar surface area (TPSA) is 50.8 Å². The predicted molar refractivity (Wildman–Crippen MR) is 113 cm³/mol. The molecule has 1 unspecified atom stereocenters. The van der Waals surface area contributed by atoms with Crippen molar-refractivity contribution in [2.24, 2.45) is 0 Å². The molecule has 152 valence electrons. The number of nitrogens with zero attached hydrogens (tertiary/aromatic N) is 1. The minimum Gasteiger partial charge on any atom is -0.497 e. The fraction of sp³-hybridized carbons (Fsp3) is 0.435. The van der Waals surface area contributed by atoms with Crippen molar-refractivity contribution in [2.45, 2.75) is 45.9 Å². The molecule has 2 aromatic rings. The van der Waals surface area contributed by atoms with E-state index in [0.717, 1.165) is 17.9 Å². The van der Waals surface area contributed by atoms with Crippen molar-refractivity contribution in [3.05, 3.63) is 60.2 Å². The molecule has 0 aliphatic rings. The Morgan fingerprint density at radius 3 is 2.07 bits per heavy atom. The zero-order valence-corrected chi connectivity index (χ0v) is 17.5. The normalized spacial score (nSPS) is 12.3. The third-order valence-corrected chi connectivity index (χ3v) is 4.65. The van der Waals surface area contributed by atoms with Crippen LogP contribution in [0.3, 0.4) is 0 Å². The number of nitrogens with one attached hydrogen (secondary N) is 1. The zero-order valence-electron chi connectivity index (χ0n) is 17.5. The summed E-state index contributed by atoms with van der Waals surface area (Å²) in [5.74, 6) is 1.25. The van der Waals surface area contributed by atoms with Crippen molar-refractivity contribution >= 4 is 5.91 Å². The molecule has 5 heteroatoms. The Kier molecular flexibility index (Phi) is 8.33. The minimum atomic E-state index is -0.722. The Labute approximate surface area is 168 Å². The van der Waals surface area contributed by atoms with E-state index in [4.69, 9.17) is 9.47 Å². The highest BCUT2D eigenvalue weighted by Crippen LogP contribution is 2.24. The molecular formula is C23H32N2O3. The predicted octanol–water partition coefficient (Wildman–Crippen LogP) is 4.05. The first-order chi connectivity index (χ1) is 13.4. The number of carbonyl (C=O) groups excluding carboxylic acids is 1. The molecule has 1 N–H and O–H groups in total. The van der Waals surface area contributed by atoms with Crippen LogP contribution in [0.15, 0.2) is 54.6 Å². The first-order valence-corrected chi connectivity index (χ1v) is 9.81. The molecule has 0 bridgehead atoms. The highest BCUT2D eigenvalue weighted by molar-refractivity contribution is 5.82. The van der Waals surface area contributed by atoms with Crippen molar-refractivity contribution in [1.29, 1.82) is 0 Å². The third-order valence-electron chi connectivity index (χ3n) is 4.65. The highest BCUT2D eigenvalue weighted by Gasteiger charge is 2.23. The number of carbonyl (C=O) groups is 1. The summed E-state index contributed by atoms with van der Waals surface area (Å²) in [5.41, 5.74) is 0.784. The molecule has 0 aliphatic heterocycles. The smallest absolute Gasteiger partial charge is 0.265 e. The van der Waals surface area contributed by atoms with Gasteiger partial charge in [0.2, 0.25) is 6.10 Å². The molecule has 1 amide bonds. The second kappa shape index (κ2) is 10.7. The molecule has 0 radical (unpaired) electrons. The summed E-state index contributed by atoms with van der Waals surface area (Å²) in [6.45, 7) is 10.0. The second-order valence-electron chi connectivity index (χ2n) is 7.30. The standard InChI is InChI=1S/C23H32N2O3/c1-17(2)25(18(3)4)16-15-24-23(26)22(28-21-9-7-6-8-10-21)19-11-13-20(27-5)14-12-19/h6-14,17-18,22H,15-16H2,1-5H3,(H,24,26). The fourth-order valence-corrected chi connectivity index (χ4v) is 3.20. The van der Waals surface area contributed by atoms with Crippen LogP contribution < -0.4 is 14.8 Å². The number of ether oxygens (including phenoxy) is 2. The summed E-state index contributed by atoms with van der Waals surface area (Å²) in [5, 5.41) is 3.03. The average molecular weight is 385 g/mol. The lowest BCUT2D eigenvalue weighted by molar-refractivity contribution is -0.128. The van der Waals surface area contributed by atoms with E-state index in [1.165, 1.54) is 0 Å². The number of hydrogen-bond donors (Lipinski definition) is 1. The van der Waals surface area contributed by atoms with Gasteiger partial charge >= 0.3 is 0 Å². The largest absolute Gasteiger partial charge is 0.497 e. The highest BCUT2D eigenvalue weighted by atomic mass is 16.5. The van der Waals surface area contributed by atoms with Gasteiger partial charge in [-0.1, -0.05) is 30.3 Å². The fourth-order valence-electron chi connectivity index (χ4n) is 3.20. The van der Waals surface area contributed by atoms with E-state index >= 15 is 0 Å². The van der Waals surface area contributed by atoms with E-state index in [1.54, 1.807) is 7.11 Å². The maximum absolute atomic E-state index is 12.9. The van der Waals surface area contributed by atoms with Gasteiger partial charge in [-0.05, 0) is 52.0 Å². The first kappa shape index (κ1) is 21.8. The van der Waals surface area contributed by atoms with E-state index in [2.05, 4.69) is 37.9 Å². The minimum absolute atomic E-state index is 0.151. The van der Waals surface area contributed by atoms with Crippen LogP contribution >= 0.6 is 0 Å². The molecule has 2 rings (SSSR count). The Morgan fingerprint density at radius 2 is 1.54 bits per heavy atom. The Balaban J connectivity index is 2.10. The monoisotopic (exact) mass is 384 g/mol. The molecular weight excluding hydrogens is 352 g/mol. The molecule has 0 saturated heterocycles. The van der Waals surface area contributed by atoms with Crippen LogP contribution in [0.5, 0.6) is 11.5 Å². The maximum Gasteiger partial charge on any atom is 0.265 e. The van der Waals surface area contributed by atoms with Gasteiger partial charge < -0.3 is 14.8 Å².